The fourth-order valence-electron chi connectivity index (χ4n) is 0.907. The third-order valence-electron chi connectivity index (χ3n) is 1.46. The van der Waals surface area contributed by atoms with Gasteiger partial charge in [0.05, 0.1) is 7.11 Å². The third-order valence-corrected chi connectivity index (χ3v) is 1.70. The van der Waals surface area contributed by atoms with Gasteiger partial charge >= 0.3 is 0 Å². The van der Waals surface area contributed by atoms with Gasteiger partial charge in [-0.2, -0.15) is 0 Å². The van der Waals surface area contributed by atoms with Crippen molar-refractivity contribution in [1.82, 2.24) is 0 Å². The lowest BCUT2D eigenvalue weighted by Crippen LogP contribution is -1.99. The highest BCUT2D eigenvalue weighted by Gasteiger charge is 1.99. The Morgan fingerprint density at radius 1 is 1.55 bits per heavy atom. The number of methoxy groups -OCH3 is 1. The molecule has 0 radical (unpaired) electrons. The van der Waals surface area contributed by atoms with E-state index < -0.39 is 0 Å². The van der Waals surface area contributed by atoms with E-state index in [1.165, 1.54) is 0 Å². The van der Waals surface area contributed by atoms with Crippen molar-refractivity contribution in [3.05, 3.63) is 28.8 Å². The molecular formula is C8H10ClNO. The molecule has 11 heavy (non-hydrogen) atoms. The highest BCUT2D eigenvalue weighted by molar-refractivity contribution is 6.30. The molecule has 1 aromatic rings. The summed E-state index contributed by atoms with van der Waals surface area (Å²) >= 11 is 5.74. The molecule has 0 aromatic heterocycles. The Bertz CT molecular complexity index is 250. The predicted octanol–water partition coefficient (Wildman–Crippen LogP) is 1.81. The summed E-state index contributed by atoms with van der Waals surface area (Å²) in [5, 5.41) is 0.686. The summed E-state index contributed by atoms with van der Waals surface area (Å²) in [5.41, 5.74) is 6.39. The molecule has 0 heterocycles. The van der Waals surface area contributed by atoms with Gasteiger partial charge in [0.15, 0.2) is 0 Å². The van der Waals surface area contributed by atoms with Crippen LogP contribution in [0, 0.1) is 0 Å². The average Bonchev–Trinajstić information content (AvgIpc) is 2.04. The Morgan fingerprint density at radius 3 is 2.82 bits per heavy atom. The van der Waals surface area contributed by atoms with Crippen molar-refractivity contribution in [3.8, 4) is 5.75 Å². The molecular weight excluding hydrogens is 162 g/mol. The molecule has 0 amide bonds. The van der Waals surface area contributed by atoms with Gasteiger partial charge in [0.2, 0.25) is 0 Å². The highest BCUT2D eigenvalue weighted by Crippen LogP contribution is 2.21. The fourth-order valence-corrected chi connectivity index (χ4v) is 1.10. The molecule has 0 aliphatic heterocycles. The van der Waals surface area contributed by atoms with Crippen LogP contribution < -0.4 is 10.5 Å². The molecule has 0 fully saturated rings. The first-order chi connectivity index (χ1) is 5.27. The minimum atomic E-state index is 0.448. The molecule has 2 nitrogen and oxygen atoms in total. The van der Waals surface area contributed by atoms with Crippen LogP contribution in [-0.2, 0) is 6.54 Å². The largest absolute Gasteiger partial charge is 0.496 e. The van der Waals surface area contributed by atoms with Crippen LogP contribution in [0.2, 0.25) is 5.02 Å². The number of hydrogen-bond donors (Lipinski definition) is 1. The quantitative estimate of drug-likeness (QED) is 0.737. The summed E-state index contributed by atoms with van der Waals surface area (Å²) in [6.07, 6.45) is 0. The van der Waals surface area contributed by atoms with E-state index in [-0.39, 0.29) is 0 Å². The van der Waals surface area contributed by atoms with E-state index >= 15 is 0 Å². The van der Waals surface area contributed by atoms with Gasteiger partial charge in [-0.05, 0) is 18.2 Å². The minimum Gasteiger partial charge on any atom is -0.496 e. The summed E-state index contributed by atoms with van der Waals surface area (Å²) in [5.74, 6) is 0.789. The Balaban J connectivity index is 3.06. The van der Waals surface area contributed by atoms with Crippen LogP contribution in [0.5, 0.6) is 5.75 Å². The maximum Gasteiger partial charge on any atom is 0.123 e. The van der Waals surface area contributed by atoms with Gasteiger partial charge in [0, 0.05) is 17.1 Å². The number of rotatable bonds is 2. The molecule has 3 heteroatoms. The molecule has 2 N–H and O–H groups in total. The number of ether oxygens (including phenoxy) is 1. The molecule has 0 bridgehead atoms. The van der Waals surface area contributed by atoms with Crippen LogP contribution in [0.4, 0.5) is 0 Å². The van der Waals surface area contributed by atoms with E-state index in [9.17, 15) is 0 Å². The van der Waals surface area contributed by atoms with E-state index in [1.54, 1.807) is 19.2 Å². The SMILES string of the molecule is COc1ccc(Cl)cc1CN. The molecule has 0 saturated heterocycles. The maximum absolute atomic E-state index is 5.74. The average molecular weight is 172 g/mol. The van der Waals surface area contributed by atoms with E-state index in [1.807, 2.05) is 6.07 Å². The van der Waals surface area contributed by atoms with Crippen molar-refractivity contribution < 1.29 is 4.74 Å². The van der Waals surface area contributed by atoms with Crippen LogP contribution >= 0.6 is 11.6 Å². The Morgan fingerprint density at radius 2 is 2.27 bits per heavy atom. The minimum absolute atomic E-state index is 0.448. The van der Waals surface area contributed by atoms with Crippen LogP contribution in [-0.4, -0.2) is 7.11 Å². The number of nitrogens with two attached hydrogens (primary N) is 1. The summed E-state index contributed by atoms with van der Waals surface area (Å²) in [4.78, 5) is 0. The maximum atomic E-state index is 5.74. The van der Waals surface area contributed by atoms with E-state index in [0.717, 1.165) is 11.3 Å². The molecule has 1 aromatic carbocycles. The summed E-state index contributed by atoms with van der Waals surface area (Å²) < 4.78 is 5.05. The highest BCUT2D eigenvalue weighted by atomic mass is 35.5. The zero-order valence-corrected chi connectivity index (χ0v) is 7.06. The monoisotopic (exact) mass is 171 g/mol. The number of halogens is 1. The molecule has 0 unspecified atom stereocenters. The van der Waals surface area contributed by atoms with Gasteiger partial charge in [0.25, 0.3) is 0 Å². The van der Waals surface area contributed by atoms with Crippen LogP contribution in [0.1, 0.15) is 5.56 Å². The lowest BCUT2D eigenvalue weighted by atomic mass is 10.2. The second-order valence-corrected chi connectivity index (χ2v) is 2.60. The standard InChI is InChI=1S/C8H10ClNO/c1-11-8-3-2-7(9)4-6(8)5-10/h2-4H,5,10H2,1H3. The van der Waals surface area contributed by atoms with Gasteiger partial charge in [-0.3, -0.25) is 0 Å². The van der Waals surface area contributed by atoms with Crippen molar-refractivity contribution in [3.63, 3.8) is 0 Å². The van der Waals surface area contributed by atoms with E-state index in [0.29, 0.717) is 11.6 Å². The third kappa shape index (κ3) is 1.85. The van der Waals surface area contributed by atoms with Crippen molar-refractivity contribution in [2.24, 2.45) is 5.73 Å². The van der Waals surface area contributed by atoms with Crippen molar-refractivity contribution >= 4 is 11.6 Å². The normalized spacial score (nSPS) is 9.73. The van der Waals surface area contributed by atoms with Gasteiger partial charge in [0.1, 0.15) is 5.75 Å². The second kappa shape index (κ2) is 3.60. The molecule has 0 spiro atoms. The molecule has 1 rings (SSSR count). The summed E-state index contributed by atoms with van der Waals surface area (Å²) in [7, 11) is 1.61. The van der Waals surface area contributed by atoms with Crippen LogP contribution in [0.25, 0.3) is 0 Å². The Hall–Kier alpha value is -0.730. The topological polar surface area (TPSA) is 35.2 Å². The van der Waals surface area contributed by atoms with Gasteiger partial charge in [-0.15, -0.1) is 0 Å². The molecule has 0 saturated carbocycles. The fraction of sp³-hybridized carbons (Fsp3) is 0.250. The molecule has 0 aliphatic rings. The zero-order chi connectivity index (χ0) is 8.27. The lowest BCUT2D eigenvalue weighted by Gasteiger charge is -2.05. The predicted molar refractivity (Wildman–Crippen MR) is 45.9 cm³/mol. The smallest absolute Gasteiger partial charge is 0.123 e. The summed E-state index contributed by atoms with van der Waals surface area (Å²) in [6, 6.07) is 5.39. The molecule has 0 aliphatic carbocycles. The number of hydrogen-bond acceptors (Lipinski definition) is 2. The second-order valence-electron chi connectivity index (χ2n) is 2.16. The zero-order valence-electron chi connectivity index (χ0n) is 6.30. The first kappa shape index (κ1) is 8.37. The van der Waals surface area contributed by atoms with Gasteiger partial charge in [-0.1, -0.05) is 11.6 Å². The van der Waals surface area contributed by atoms with Crippen molar-refractivity contribution in [2.45, 2.75) is 6.54 Å². The first-order valence-electron chi connectivity index (χ1n) is 3.30. The first-order valence-corrected chi connectivity index (χ1v) is 3.68. The van der Waals surface area contributed by atoms with Crippen molar-refractivity contribution in [1.29, 1.82) is 0 Å². The number of benzene rings is 1. The lowest BCUT2D eigenvalue weighted by molar-refractivity contribution is 0.410. The molecule has 0 atom stereocenters. The Kier molecular flexibility index (Phi) is 2.74. The molecule has 60 valence electrons. The van der Waals surface area contributed by atoms with Crippen LogP contribution in [0.15, 0.2) is 18.2 Å². The van der Waals surface area contributed by atoms with Gasteiger partial charge < -0.3 is 10.5 Å². The van der Waals surface area contributed by atoms with E-state index in [2.05, 4.69) is 0 Å². The van der Waals surface area contributed by atoms with E-state index in [4.69, 9.17) is 22.1 Å². The Labute approximate surface area is 70.9 Å². The van der Waals surface area contributed by atoms with Gasteiger partial charge in [-0.25, -0.2) is 0 Å². The van der Waals surface area contributed by atoms with Crippen LogP contribution in [0.3, 0.4) is 0 Å². The van der Waals surface area contributed by atoms with Crippen molar-refractivity contribution in [2.75, 3.05) is 7.11 Å². The summed E-state index contributed by atoms with van der Waals surface area (Å²) in [6.45, 7) is 0.448.